The second-order valence-corrected chi connectivity index (χ2v) is 12.1. The van der Waals surface area contributed by atoms with Gasteiger partial charge in [0.1, 0.15) is 5.82 Å². The number of amides is 1. The number of halogens is 4. The minimum absolute atomic E-state index is 0.0790. The van der Waals surface area contributed by atoms with Crippen molar-refractivity contribution in [1.29, 1.82) is 5.26 Å². The molecule has 0 aliphatic heterocycles. The zero-order valence-corrected chi connectivity index (χ0v) is 23.5. The molecule has 0 spiro atoms. The lowest BCUT2D eigenvalue weighted by molar-refractivity contribution is -0.140. The molecule has 7 nitrogen and oxygen atoms in total. The monoisotopic (exact) mass is 598 g/mol. The third kappa shape index (κ3) is 6.91. The predicted molar refractivity (Wildman–Crippen MR) is 149 cm³/mol. The molecule has 4 rings (SSSR count). The Balaban J connectivity index is 1.80. The van der Waals surface area contributed by atoms with Crippen molar-refractivity contribution in [1.82, 2.24) is 14.9 Å². The number of sulfone groups is 1. The van der Waals surface area contributed by atoms with Crippen molar-refractivity contribution in [2.75, 3.05) is 18.1 Å². The highest BCUT2D eigenvalue weighted by molar-refractivity contribution is 7.91. The summed E-state index contributed by atoms with van der Waals surface area (Å²) in [6.45, 7) is 2.87. The molecule has 0 saturated heterocycles. The fourth-order valence-electron chi connectivity index (χ4n) is 4.53. The number of aromatic nitrogens is 2. The zero-order valence-electron chi connectivity index (χ0n) is 22.7. The number of rotatable bonds is 9. The summed E-state index contributed by atoms with van der Waals surface area (Å²) in [4.78, 5) is 23.9. The molecule has 218 valence electrons. The maximum Gasteiger partial charge on any atom is 0.419 e. The summed E-state index contributed by atoms with van der Waals surface area (Å²) in [6.07, 6.45) is -3.93. The van der Waals surface area contributed by atoms with Gasteiger partial charge in [0.25, 0.3) is 0 Å². The number of carbonyl (C=O) groups is 1. The smallest absolute Gasteiger partial charge is 0.333 e. The van der Waals surface area contributed by atoms with E-state index in [0.717, 1.165) is 6.07 Å². The highest BCUT2D eigenvalue weighted by Crippen LogP contribution is 2.34. The second-order valence-electron chi connectivity index (χ2n) is 9.65. The van der Waals surface area contributed by atoms with E-state index in [9.17, 15) is 36.0 Å². The van der Waals surface area contributed by atoms with Crippen molar-refractivity contribution < 1.29 is 30.8 Å². The van der Waals surface area contributed by atoms with Crippen LogP contribution in [0.2, 0.25) is 0 Å². The molecule has 12 heteroatoms. The molecule has 2 heterocycles. The number of pyridine rings is 2. The number of nitriles is 1. The fourth-order valence-corrected chi connectivity index (χ4v) is 5.30. The van der Waals surface area contributed by atoms with Gasteiger partial charge in [0.15, 0.2) is 15.5 Å². The lowest BCUT2D eigenvalue weighted by Crippen LogP contribution is -2.39. The number of fused-ring (bicyclic) bond motifs is 1. The molecule has 0 bridgehead atoms. The first-order chi connectivity index (χ1) is 19.8. The standard InChI is InChI=1S/C30H26F4N4O3S/c1-3-42(40,41)14-13-38(27(39)16-21-8-11-26(31)25(15-21)30(32,33)34)19(2)28-24(22-9-6-20(18-35)7-10-22)17-23-5-4-12-36-29(23)37-28/h4-12,15,17,19H,3,13-14,16H2,1-2H3/t19-/m1/s1. The fraction of sp³-hybridized carbons (Fsp3) is 0.267. The first-order valence-corrected chi connectivity index (χ1v) is 14.8. The Hall–Kier alpha value is -4.37. The van der Waals surface area contributed by atoms with E-state index in [4.69, 9.17) is 4.98 Å². The van der Waals surface area contributed by atoms with Crippen LogP contribution in [0.5, 0.6) is 0 Å². The maximum absolute atomic E-state index is 13.9. The van der Waals surface area contributed by atoms with Gasteiger partial charge in [-0.2, -0.15) is 18.4 Å². The summed E-state index contributed by atoms with van der Waals surface area (Å²) in [7, 11) is -3.53. The number of hydrogen-bond donors (Lipinski definition) is 0. The van der Waals surface area contributed by atoms with Crippen molar-refractivity contribution in [2.24, 2.45) is 0 Å². The number of alkyl halides is 3. The number of carbonyl (C=O) groups excluding carboxylic acids is 1. The highest BCUT2D eigenvalue weighted by atomic mass is 32.2. The normalized spacial score (nSPS) is 12.6. The van der Waals surface area contributed by atoms with Crippen LogP contribution in [0.15, 0.2) is 66.9 Å². The molecule has 0 aliphatic carbocycles. The van der Waals surface area contributed by atoms with Gasteiger partial charge in [-0.1, -0.05) is 25.1 Å². The largest absolute Gasteiger partial charge is 0.419 e. The zero-order chi connectivity index (χ0) is 30.7. The van der Waals surface area contributed by atoms with E-state index in [0.29, 0.717) is 45.6 Å². The molecule has 2 aromatic carbocycles. The Morgan fingerprint density at radius 2 is 1.81 bits per heavy atom. The van der Waals surface area contributed by atoms with Crippen LogP contribution < -0.4 is 0 Å². The third-order valence-electron chi connectivity index (χ3n) is 6.90. The molecule has 1 atom stereocenters. The van der Waals surface area contributed by atoms with Crippen molar-refractivity contribution in [3.05, 3.63) is 95.1 Å². The van der Waals surface area contributed by atoms with E-state index in [-0.39, 0.29) is 23.6 Å². The second kappa shape index (κ2) is 12.2. The molecule has 0 N–H and O–H groups in total. The van der Waals surface area contributed by atoms with Crippen LogP contribution in [0.1, 0.15) is 42.3 Å². The van der Waals surface area contributed by atoms with Crippen LogP contribution in [-0.4, -0.2) is 47.2 Å². The van der Waals surface area contributed by atoms with Crippen molar-refractivity contribution in [2.45, 2.75) is 32.5 Å². The Morgan fingerprint density at radius 3 is 2.45 bits per heavy atom. The summed E-state index contributed by atoms with van der Waals surface area (Å²) in [5.41, 5.74) is 0.890. The number of nitrogens with zero attached hydrogens (tertiary/aromatic N) is 4. The van der Waals surface area contributed by atoms with Gasteiger partial charge in [-0.3, -0.25) is 4.79 Å². The van der Waals surface area contributed by atoms with E-state index in [1.54, 1.807) is 49.5 Å². The van der Waals surface area contributed by atoms with Gasteiger partial charge in [0, 0.05) is 29.4 Å². The van der Waals surface area contributed by atoms with Crippen molar-refractivity contribution >= 4 is 26.8 Å². The molecular formula is C30H26F4N4O3S. The van der Waals surface area contributed by atoms with Crippen LogP contribution >= 0.6 is 0 Å². The molecule has 4 aromatic rings. The molecule has 0 aliphatic rings. The Kier molecular flexibility index (Phi) is 8.92. The summed E-state index contributed by atoms with van der Waals surface area (Å²) >= 11 is 0. The van der Waals surface area contributed by atoms with Gasteiger partial charge in [0.05, 0.1) is 41.1 Å². The maximum atomic E-state index is 13.9. The van der Waals surface area contributed by atoms with E-state index >= 15 is 0 Å². The SMILES string of the molecule is CCS(=O)(=O)CCN(C(=O)Cc1ccc(F)c(C(F)(F)F)c1)[C@H](C)c1nc2ncccc2cc1-c1ccc(C#N)cc1. The van der Waals surface area contributed by atoms with Gasteiger partial charge in [-0.05, 0) is 60.5 Å². The lowest BCUT2D eigenvalue weighted by Gasteiger charge is -2.30. The molecule has 0 radical (unpaired) electrons. The Bertz CT molecular complexity index is 1770. The number of hydrogen-bond acceptors (Lipinski definition) is 6. The molecule has 1 amide bonds. The van der Waals surface area contributed by atoms with Gasteiger partial charge in [-0.25, -0.2) is 22.8 Å². The lowest BCUT2D eigenvalue weighted by atomic mass is 9.97. The van der Waals surface area contributed by atoms with E-state index in [1.807, 2.05) is 6.07 Å². The van der Waals surface area contributed by atoms with Gasteiger partial charge >= 0.3 is 6.18 Å². The highest BCUT2D eigenvalue weighted by Gasteiger charge is 2.35. The molecule has 0 unspecified atom stereocenters. The third-order valence-corrected chi connectivity index (χ3v) is 8.59. The van der Waals surface area contributed by atoms with E-state index in [1.165, 1.54) is 11.8 Å². The average molecular weight is 599 g/mol. The molecule has 2 aromatic heterocycles. The molecule has 42 heavy (non-hydrogen) atoms. The molecular weight excluding hydrogens is 572 g/mol. The first-order valence-electron chi connectivity index (χ1n) is 12.9. The summed E-state index contributed by atoms with van der Waals surface area (Å²) < 4.78 is 78.6. The average Bonchev–Trinajstić information content (AvgIpc) is 2.96. The summed E-state index contributed by atoms with van der Waals surface area (Å²) in [5.74, 6) is -2.67. The Labute approximate surface area is 240 Å². The molecule has 0 saturated carbocycles. The summed E-state index contributed by atoms with van der Waals surface area (Å²) in [6, 6.07) is 15.6. The van der Waals surface area contributed by atoms with Gasteiger partial charge in [-0.15, -0.1) is 0 Å². The van der Waals surface area contributed by atoms with E-state index < -0.39 is 45.8 Å². The number of benzene rings is 2. The predicted octanol–water partition coefficient (Wildman–Crippen LogP) is 5.89. The van der Waals surface area contributed by atoms with Crippen LogP contribution in [0.3, 0.4) is 0 Å². The minimum atomic E-state index is -4.96. The van der Waals surface area contributed by atoms with Crippen LogP contribution in [0.25, 0.3) is 22.2 Å². The summed E-state index contributed by atoms with van der Waals surface area (Å²) in [5, 5.41) is 9.91. The Morgan fingerprint density at radius 1 is 1.10 bits per heavy atom. The first kappa shape index (κ1) is 30.6. The topological polar surface area (TPSA) is 104 Å². The van der Waals surface area contributed by atoms with Crippen LogP contribution in [-0.2, 0) is 27.2 Å². The van der Waals surface area contributed by atoms with Crippen molar-refractivity contribution in [3.8, 4) is 17.2 Å². The van der Waals surface area contributed by atoms with Crippen molar-refractivity contribution in [3.63, 3.8) is 0 Å². The van der Waals surface area contributed by atoms with Gasteiger partial charge < -0.3 is 4.90 Å². The molecule has 0 fully saturated rings. The quantitative estimate of drug-likeness (QED) is 0.223. The van der Waals surface area contributed by atoms with E-state index in [2.05, 4.69) is 11.1 Å². The van der Waals surface area contributed by atoms with Crippen LogP contribution in [0, 0.1) is 17.1 Å². The van der Waals surface area contributed by atoms with Gasteiger partial charge in [0.2, 0.25) is 5.91 Å². The minimum Gasteiger partial charge on any atom is -0.333 e. The van der Waals surface area contributed by atoms with Crippen LogP contribution in [0.4, 0.5) is 17.6 Å².